The summed E-state index contributed by atoms with van der Waals surface area (Å²) < 4.78 is 17.2. The van der Waals surface area contributed by atoms with Gasteiger partial charge >= 0.3 is 0 Å². The van der Waals surface area contributed by atoms with Crippen molar-refractivity contribution in [2.75, 3.05) is 13.2 Å². The minimum absolute atomic E-state index is 0.135. The fourth-order valence-corrected chi connectivity index (χ4v) is 2.76. The topological polar surface area (TPSA) is 74.2 Å². The molecule has 0 saturated carbocycles. The lowest BCUT2D eigenvalue weighted by Crippen LogP contribution is -2.46. The molecule has 0 aromatic carbocycles. The molecule has 124 valence electrons. The van der Waals surface area contributed by atoms with Crippen molar-refractivity contribution in [1.82, 2.24) is 0 Å². The predicted octanol–water partition coefficient (Wildman–Crippen LogP) is 2.61. The molecule has 21 heavy (non-hydrogen) atoms. The van der Waals surface area contributed by atoms with Crippen LogP contribution in [-0.4, -0.2) is 42.4 Å². The van der Waals surface area contributed by atoms with E-state index < -0.39 is 17.7 Å². The zero-order valence-electron chi connectivity index (χ0n) is 13.6. The lowest BCUT2D eigenvalue weighted by molar-refractivity contribution is -0.384. The van der Waals surface area contributed by atoms with Crippen molar-refractivity contribution >= 4 is 6.29 Å². The third-order valence-electron chi connectivity index (χ3n) is 3.77. The Kier molecular flexibility index (Phi) is 6.74. The number of aldehydes is 1. The van der Waals surface area contributed by atoms with E-state index in [1.165, 1.54) is 0 Å². The van der Waals surface area contributed by atoms with Crippen LogP contribution < -0.4 is 0 Å². The second-order valence-electron chi connectivity index (χ2n) is 6.63. The third kappa shape index (κ3) is 5.30. The minimum Gasteiger partial charge on any atom is -0.348 e. The summed E-state index contributed by atoms with van der Waals surface area (Å²) in [5, 5.41) is 9.18. The molecule has 0 aromatic heterocycles. The van der Waals surface area contributed by atoms with E-state index in [4.69, 9.17) is 14.2 Å². The maximum atomic E-state index is 10.7. The molecule has 0 spiro atoms. The average Bonchev–Trinajstić information content (AvgIpc) is 2.82. The van der Waals surface area contributed by atoms with E-state index >= 15 is 0 Å². The summed E-state index contributed by atoms with van der Waals surface area (Å²) >= 11 is 0. The van der Waals surface area contributed by atoms with Crippen LogP contribution in [0.2, 0.25) is 0 Å². The van der Waals surface area contributed by atoms with Crippen molar-refractivity contribution in [3.05, 3.63) is 0 Å². The van der Waals surface area contributed by atoms with E-state index in [9.17, 15) is 10.1 Å². The van der Waals surface area contributed by atoms with E-state index in [1.54, 1.807) is 0 Å². The molecule has 6 heteroatoms. The second kappa shape index (κ2) is 7.65. The number of hydrogen-bond acceptors (Lipinski definition) is 6. The van der Waals surface area contributed by atoms with Crippen molar-refractivity contribution in [3.63, 3.8) is 0 Å². The van der Waals surface area contributed by atoms with Gasteiger partial charge in [0.15, 0.2) is 12.1 Å². The first-order valence-electron chi connectivity index (χ1n) is 7.43. The Labute approximate surface area is 126 Å². The van der Waals surface area contributed by atoms with Crippen molar-refractivity contribution in [2.45, 2.75) is 65.1 Å². The quantitative estimate of drug-likeness (QED) is 0.321. The highest BCUT2D eigenvalue weighted by Gasteiger charge is 2.45. The summed E-state index contributed by atoms with van der Waals surface area (Å²) in [6.07, 6.45) is 1.03. The van der Waals surface area contributed by atoms with Crippen molar-refractivity contribution < 1.29 is 29.1 Å². The largest absolute Gasteiger partial charge is 0.348 e. The SMILES string of the molecule is CC(C(OO)OC(C)(C)C)C(CCC=O)C1(C)OCCO1. The molecule has 1 N–H and O–H groups in total. The van der Waals surface area contributed by atoms with E-state index in [-0.39, 0.29) is 11.8 Å². The molecule has 0 aliphatic carbocycles. The Hall–Kier alpha value is -0.530. The number of rotatable bonds is 8. The van der Waals surface area contributed by atoms with E-state index in [1.807, 2.05) is 34.6 Å². The Morgan fingerprint density at radius 3 is 2.33 bits per heavy atom. The summed E-state index contributed by atoms with van der Waals surface area (Å²) in [5.74, 6) is -1.14. The van der Waals surface area contributed by atoms with Crippen LogP contribution >= 0.6 is 0 Å². The first kappa shape index (κ1) is 18.5. The maximum absolute atomic E-state index is 10.7. The molecular weight excluding hydrogens is 276 g/mol. The molecular formula is C15H28O6. The fourth-order valence-electron chi connectivity index (χ4n) is 2.76. The van der Waals surface area contributed by atoms with Gasteiger partial charge in [0, 0.05) is 18.3 Å². The van der Waals surface area contributed by atoms with Gasteiger partial charge in [-0.05, 0) is 34.1 Å². The highest BCUT2D eigenvalue weighted by Crippen LogP contribution is 2.38. The van der Waals surface area contributed by atoms with Gasteiger partial charge in [0.25, 0.3) is 0 Å². The highest BCUT2D eigenvalue weighted by atomic mass is 17.1. The van der Waals surface area contributed by atoms with Crippen molar-refractivity contribution in [1.29, 1.82) is 0 Å². The zero-order valence-corrected chi connectivity index (χ0v) is 13.6. The molecule has 1 rings (SSSR count). The number of carbonyl (C=O) groups is 1. The smallest absolute Gasteiger partial charge is 0.194 e. The zero-order chi connectivity index (χ0) is 16.1. The van der Waals surface area contributed by atoms with Crippen LogP contribution in [0.4, 0.5) is 0 Å². The normalized spacial score (nSPS) is 22.8. The molecule has 1 aliphatic heterocycles. The molecule has 0 radical (unpaired) electrons. The highest BCUT2D eigenvalue weighted by molar-refractivity contribution is 5.49. The number of ether oxygens (including phenoxy) is 3. The average molecular weight is 304 g/mol. The molecule has 1 saturated heterocycles. The Balaban J connectivity index is 2.86. The van der Waals surface area contributed by atoms with E-state index in [0.717, 1.165) is 6.29 Å². The lowest BCUT2D eigenvalue weighted by Gasteiger charge is -2.39. The van der Waals surface area contributed by atoms with Gasteiger partial charge in [-0.15, -0.1) is 0 Å². The first-order valence-corrected chi connectivity index (χ1v) is 7.43. The van der Waals surface area contributed by atoms with Crippen molar-refractivity contribution in [3.8, 4) is 0 Å². The molecule has 3 atom stereocenters. The van der Waals surface area contributed by atoms with Crippen LogP contribution in [0.3, 0.4) is 0 Å². The van der Waals surface area contributed by atoms with Crippen LogP contribution in [0.25, 0.3) is 0 Å². The van der Waals surface area contributed by atoms with Gasteiger partial charge in [-0.3, -0.25) is 0 Å². The monoisotopic (exact) mass is 304 g/mol. The van der Waals surface area contributed by atoms with Gasteiger partial charge < -0.3 is 19.0 Å². The van der Waals surface area contributed by atoms with Crippen LogP contribution in [0.5, 0.6) is 0 Å². The third-order valence-corrected chi connectivity index (χ3v) is 3.77. The molecule has 1 aliphatic rings. The van der Waals surface area contributed by atoms with Crippen molar-refractivity contribution in [2.24, 2.45) is 11.8 Å². The number of hydrogen-bond donors (Lipinski definition) is 1. The molecule has 0 aromatic rings. The van der Waals surface area contributed by atoms with Gasteiger partial charge in [-0.1, -0.05) is 6.92 Å². The Bertz CT molecular complexity index is 319. The summed E-state index contributed by atoms with van der Waals surface area (Å²) in [7, 11) is 0. The van der Waals surface area contributed by atoms with Gasteiger partial charge in [-0.25, -0.2) is 10.1 Å². The maximum Gasteiger partial charge on any atom is 0.194 e. The molecule has 0 amide bonds. The molecule has 1 fully saturated rings. The van der Waals surface area contributed by atoms with Gasteiger partial charge in [0.1, 0.15) is 6.29 Å². The van der Waals surface area contributed by atoms with Crippen LogP contribution in [-0.2, 0) is 23.9 Å². The standard InChI is InChI=1S/C15H28O6/c1-11(13(21-17)20-14(2,3)4)12(7-6-8-16)15(5)18-9-10-19-15/h8,11-13,17H,6-7,9-10H2,1-5H3. The predicted molar refractivity (Wildman–Crippen MR) is 76.6 cm³/mol. The van der Waals surface area contributed by atoms with Gasteiger partial charge in [0.05, 0.1) is 18.8 Å². The molecule has 1 heterocycles. The van der Waals surface area contributed by atoms with E-state index in [2.05, 4.69) is 4.89 Å². The first-order chi connectivity index (χ1) is 9.73. The summed E-state index contributed by atoms with van der Waals surface area (Å²) in [4.78, 5) is 15.3. The Morgan fingerprint density at radius 2 is 1.90 bits per heavy atom. The van der Waals surface area contributed by atoms with Gasteiger partial charge in [0.2, 0.25) is 0 Å². The van der Waals surface area contributed by atoms with Crippen LogP contribution in [0.15, 0.2) is 0 Å². The van der Waals surface area contributed by atoms with E-state index in [0.29, 0.717) is 26.1 Å². The Morgan fingerprint density at radius 1 is 1.33 bits per heavy atom. The van der Waals surface area contributed by atoms with Crippen LogP contribution in [0, 0.1) is 11.8 Å². The minimum atomic E-state index is -0.814. The summed E-state index contributed by atoms with van der Waals surface area (Å²) in [5.41, 5.74) is -0.463. The second-order valence-corrected chi connectivity index (χ2v) is 6.63. The van der Waals surface area contributed by atoms with Crippen LogP contribution in [0.1, 0.15) is 47.5 Å². The number of carbonyl (C=O) groups excluding carboxylic acids is 1. The summed E-state index contributed by atoms with van der Waals surface area (Å²) in [6, 6.07) is 0. The fraction of sp³-hybridized carbons (Fsp3) is 0.933. The molecule has 0 bridgehead atoms. The molecule has 3 unspecified atom stereocenters. The summed E-state index contributed by atoms with van der Waals surface area (Å²) in [6.45, 7) is 10.5. The van der Waals surface area contributed by atoms with Gasteiger partial charge in [-0.2, -0.15) is 0 Å². The lowest BCUT2D eigenvalue weighted by atomic mass is 9.82. The molecule has 6 nitrogen and oxygen atoms in total.